The smallest absolute Gasteiger partial charge is 0.267 e. The molecule has 1 rings (SSSR count). The fourth-order valence-electron chi connectivity index (χ4n) is 0.763. The highest BCUT2D eigenvalue weighted by atomic mass is 17.4. The summed E-state index contributed by atoms with van der Waals surface area (Å²) >= 11 is 0. The molecule has 0 spiro atoms. The molecule has 0 aromatic rings. The van der Waals surface area contributed by atoms with Crippen LogP contribution < -0.4 is 11.3 Å². The van der Waals surface area contributed by atoms with Gasteiger partial charge in [0, 0.05) is 6.42 Å². The number of nitrogens with two attached hydrogens (primary N) is 1. The van der Waals surface area contributed by atoms with Crippen molar-refractivity contribution in [3.63, 3.8) is 0 Å². The summed E-state index contributed by atoms with van der Waals surface area (Å²) in [5, 5.41) is 0. The van der Waals surface area contributed by atoms with Gasteiger partial charge in [-0.05, 0) is 5.92 Å². The molecule has 0 unspecified atom stereocenters. The maximum Gasteiger partial charge on any atom is 0.299 e. The van der Waals surface area contributed by atoms with Gasteiger partial charge in [0.25, 0.3) is 5.91 Å². The average Bonchev–Trinajstić information content (AvgIpc) is 2.48. The molecule has 0 amide bonds. The topological polar surface area (TPSA) is 63.1 Å². The van der Waals surface area contributed by atoms with Gasteiger partial charge in [0.2, 0.25) is 0 Å². The van der Waals surface area contributed by atoms with E-state index in [1.54, 1.807) is 0 Å². The molecule has 3 N–H and O–H groups in total. The van der Waals surface area contributed by atoms with E-state index in [4.69, 9.17) is 5.84 Å². The molecule has 4 nitrogen and oxygen atoms in total. The van der Waals surface area contributed by atoms with E-state index >= 15 is 0 Å². The third-order valence-corrected chi connectivity index (χ3v) is 1.18. The van der Waals surface area contributed by atoms with E-state index < -0.39 is 5.91 Å². The third kappa shape index (κ3) is 1.62. The maximum absolute atomic E-state index is 5.12. The Morgan fingerprint density at radius 2 is 2.11 bits per heavy atom. The van der Waals surface area contributed by atoms with E-state index in [0.29, 0.717) is 5.92 Å². The molecule has 1 saturated heterocycles. The van der Waals surface area contributed by atoms with Gasteiger partial charge in [-0.3, -0.25) is 5.84 Å². The summed E-state index contributed by atoms with van der Waals surface area (Å²) in [6.07, 6.45) is 0.781. The molecular formula is C5H12N2O2. The maximum atomic E-state index is 5.12. The third-order valence-electron chi connectivity index (χ3n) is 1.18. The molecule has 1 heterocycles. The van der Waals surface area contributed by atoms with Gasteiger partial charge in [0.15, 0.2) is 0 Å². The van der Waals surface area contributed by atoms with Crippen molar-refractivity contribution >= 4 is 0 Å². The lowest BCUT2D eigenvalue weighted by molar-refractivity contribution is 0.0850. The van der Waals surface area contributed by atoms with E-state index in [0.717, 1.165) is 6.42 Å². The summed E-state index contributed by atoms with van der Waals surface area (Å²) in [4.78, 5) is 9.24. The van der Waals surface area contributed by atoms with E-state index in [-0.39, 0.29) is 0 Å². The molecule has 4 heteroatoms. The van der Waals surface area contributed by atoms with Crippen molar-refractivity contribution in [1.82, 2.24) is 5.43 Å². The molecule has 9 heavy (non-hydrogen) atoms. The minimum Gasteiger partial charge on any atom is -0.267 e. The highest BCUT2D eigenvalue weighted by molar-refractivity contribution is 4.68. The minimum atomic E-state index is -0.659. The van der Waals surface area contributed by atoms with Crippen molar-refractivity contribution in [2.75, 3.05) is 0 Å². The highest BCUT2D eigenvalue weighted by Crippen LogP contribution is 2.31. The zero-order chi connectivity index (χ0) is 6.91. The van der Waals surface area contributed by atoms with Crippen LogP contribution in [0.5, 0.6) is 0 Å². The predicted molar refractivity (Wildman–Crippen MR) is 31.7 cm³/mol. The zero-order valence-electron chi connectivity index (χ0n) is 5.68. The minimum absolute atomic E-state index is 0.517. The summed E-state index contributed by atoms with van der Waals surface area (Å²) in [7, 11) is 0. The number of hydrazine groups is 1. The van der Waals surface area contributed by atoms with Crippen molar-refractivity contribution < 1.29 is 9.78 Å². The van der Waals surface area contributed by atoms with Crippen LogP contribution >= 0.6 is 0 Å². The fourth-order valence-corrected chi connectivity index (χ4v) is 0.763. The average molecular weight is 132 g/mol. The van der Waals surface area contributed by atoms with Gasteiger partial charge in [-0.15, -0.1) is 0 Å². The molecule has 0 bridgehead atoms. The lowest BCUT2D eigenvalue weighted by Crippen LogP contribution is -2.39. The summed E-state index contributed by atoms with van der Waals surface area (Å²) in [6.45, 7) is 4.15. The van der Waals surface area contributed by atoms with E-state index in [1.165, 1.54) is 0 Å². The Bertz CT molecular complexity index is 101. The Hall–Kier alpha value is -0.160. The summed E-state index contributed by atoms with van der Waals surface area (Å²) in [5.41, 5.74) is 2.44. The Balaban J connectivity index is 2.25. The van der Waals surface area contributed by atoms with Crippen molar-refractivity contribution in [3.05, 3.63) is 0 Å². The van der Waals surface area contributed by atoms with Crippen molar-refractivity contribution in [3.8, 4) is 0 Å². The van der Waals surface area contributed by atoms with Crippen molar-refractivity contribution in [2.45, 2.75) is 26.2 Å². The van der Waals surface area contributed by atoms with Gasteiger partial charge >= 0.3 is 0 Å². The molecule has 0 atom stereocenters. The summed E-state index contributed by atoms with van der Waals surface area (Å²) in [5.74, 6) is 4.98. The molecule has 0 saturated carbocycles. The van der Waals surface area contributed by atoms with E-state index in [2.05, 4.69) is 29.0 Å². The molecule has 1 aliphatic heterocycles. The van der Waals surface area contributed by atoms with Gasteiger partial charge < -0.3 is 0 Å². The SMILES string of the molecule is CC(C)CC1(NN)OO1. The first-order chi connectivity index (χ1) is 4.18. The summed E-state index contributed by atoms with van der Waals surface area (Å²) < 4.78 is 0. The summed E-state index contributed by atoms with van der Waals surface area (Å²) in [6, 6.07) is 0. The van der Waals surface area contributed by atoms with Crippen molar-refractivity contribution in [1.29, 1.82) is 0 Å². The number of rotatable bonds is 3. The number of nitrogens with one attached hydrogen (secondary N) is 1. The van der Waals surface area contributed by atoms with Gasteiger partial charge in [0.05, 0.1) is 0 Å². The molecule has 0 radical (unpaired) electrons. The first kappa shape index (κ1) is 6.95. The van der Waals surface area contributed by atoms with E-state index in [1.807, 2.05) is 0 Å². The van der Waals surface area contributed by atoms with Crippen LogP contribution in [0.3, 0.4) is 0 Å². The Kier molecular flexibility index (Phi) is 1.72. The Labute approximate surface area is 54.2 Å². The largest absolute Gasteiger partial charge is 0.299 e. The fraction of sp³-hybridized carbons (Fsp3) is 1.00. The van der Waals surface area contributed by atoms with Crippen LogP contribution in [0, 0.1) is 5.92 Å². The molecule has 54 valence electrons. The van der Waals surface area contributed by atoms with Crippen LogP contribution in [-0.4, -0.2) is 5.91 Å². The first-order valence-electron chi connectivity index (χ1n) is 3.03. The molecule has 1 aliphatic rings. The van der Waals surface area contributed by atoms with Crippen LogP contribution in [-0.2, 0) is 9.78 Å². The van der Waals surface area contributed by atoms with Crippen LogP contribution in [0.1, 0.15) is 20.3 Å². The first-order valence-corrected chi connectivity index (χ1v) is 3.03. The Morgan fingerprint density at radius 3 is 2.22 bits per heavy atom. The van der Waals surface area contributed by atoms with Crippen LogP contribution in [0.4, 0.5) is 0 Å². The van der Waals surface area contributed by atoms with Gasteiger partial charge in [-0.25, -0.2) is 5.43 Å². The predicted octanol–water partition coefficient (Wildman–Crippen LogP) is 0.111. The van der Waals surface area contributed by atoms with Crippen molar-refractivity contribution in [2.24, 2.45) is 11.8 Å². The number of hydrogen-bond acceptors (Lipinski definition) is 4. The lowest BCUT2D eigenvalue weighted by atomic mass is 10.1. The molecular weight excluding hydrogens is 120 g/mol. The van der Waals surface area contributed by atoms with Crippen LogP contribution in [0.25, 0.3) is 0 Å². The molecule has 0 aromatic carbocycles. The molecule has 0 aromatic heterocycles. The van der Waals surface area contributed by atoms with Crippen LogP contribution in [0.2, 0.25) is 0 Å². The molecule has 0 aliphatic carbocycles. The standard InChI is InChI=1S/C5H12N2O2/c1-4(2)3-5(7-6)8-9-5/h4,7H,3,6H2,1-2H3. The second-order valence-corrected chi connectivity index (χ2v) is 2.66. The Morgan fingerprint density at radius 1 is 1.56 bits per heavy atom. The molecule has 1 fully saturated rings. The number of hydrogen-bond donors (Lipinski definition) is 2. The normalized spacial score (nSPS) is 22.7. The second-order valence-electron chi connectivity index (χ2n) is 2.66. The van der Waals surface area contributed by atoms with Gasteiger partial charge in [0.1, 0.15) is 0 Å². The zero-order valence-corrected chi connectivity index (χ0v) is 5.68. The van der Waals surface area contributed by atoms with Gasteiger partial charge in [-0.2, -0.15) is 9.78 Å². The monoisotopic (exact) mass is 132 g/mol. The quantitative estimate of drug-likeness (QED) is 0.247. The highest BCUT2D eigenvalue weighted by Gasteiger charge is 2.48. The lowest BCUT2D eigenvalue weighted by Gasteiger charge is -2.06. The van der Waals surface area contributed by atoms with E-state index in [9.17, 15) is 0 Å². The van der Waals surface area contributed by atoms with Gasteiger partial charge in [-0.1, -0.05) is 13.8 Å². The second kappa shape index (κ2) is 2.22. The van der Waals surface area contributed by atoms with Crippen LogP contribution in [0.15, 0.2) is 0 Å².